The smallest absolute Gasteiger partial charge is 0.343 e. The number of amides is 1. The first-order chi connectivity index (χ1) is 18.3. The molecule has 196 valence electrons. The molecule has 0 atom stereocenters. The van der Waals surface area contributed by atoms with Crippen LogP contribution < -0.4 is 10.7 Å². The van der Waals surface area contributed by atoms with Gasteiger partial charge in [0, 0.05) is 40.1 Å². The van der Waals surface area contributed by atoms with E-state index in [2.05, 4.69) is 21.2 Å². The van der Waals surface area contributed by atoms with Crippen LogP contribution in [0.15, 0.2) is 65.6 Å². The normalized spacial score (nSPS) is 11.0. The number of hydrogen-bond acceptors (Lipinski definition) is 4. The van der Waals surface area contributed by atoms with E-state index in [-0.39, 0.29) is 35.6 Å². The highest BCUT2D eigenvalue weighted by molar-refractivity contribution is 9.08. The molecule has 4 rings (SSSR count). The van der Waals surface area contributed by atoms with Crippen LogP contribution in [0.5, 0.6) is 0 Å². The van der Waals surface area contributed by atoms with E-state index in [1.165, 1.54) is 16.8 Å². The Kier molecular flexibility index (Phi) is 8.36. The van der Waals surface area contributed by atoms with Gasteiger partial charge in [-0.25, -0.2) is 13.6 Å². The molecule has 0 aliphatic heterocycles. The van der Waals surface area contributed by atoms with E-state index < -0.39 is 23.0 Å². The van der Waals surface area contributed by atoms with Gasteiger partial charge in [0.05, 0.1) is 18.7 Å². The minimum atomic E-state index is -0.820. The van der Waals surface area contributed by atoms with Crippen molar-refractivity contribution in [1.29, 1.82) is 0 Å². The Bertz CT molecular complexity index is 1580. The molecule has 0 unspecified atom stereocenters. The van der Waals surface area contributed by atoms with Crippen LogP contribution in [-0.4, -0.2) is 23.1 Å². The zero-order valence-electron chi connectivity index (χ0n) is 20.8. The molecule has 0 saturated heterocycles. The fraction of sp³-hybridized carbons (Fsp3) is 0.207. The number of anilines is 1. The third-order valence-corrected chi connectivity index (χ3v) is 6.75. The van der Waals surface area contributed by atoms with Crippen molar-refractivity contribution >= 4 is 44.4 Å². The number of rotatable bonds is 8. The maximum Gasteiger partial charge on any atom is 0.343 e. The highest BCUT2D eigenvalue weighted by Gasteiger charge is 2.21. The summed E-state index contributed by atoms with van der Waals surface area (Å²) in [4.78, 5) is 38.2. The molecular weight excluding hydrogens is 558 g/mol. The lowest BCUT2D eigenvalue weighted by Gasteiger charge is -2.18. The second-order valence-electron chi connectivity index (χ2n) is 8.53. The summed E-state index contributed by atoms with van der Waals surface area (Å²) in [7, 11) is 0. The Labute approximate surface area is 226 Å². The van der Waals surface area contributed by atoms with Crippen LogP contribution >= 0.6 is 15.9 Å². The molecule has 38 heavy (non-hydrogen) atoms. The Morgan fingerprint density at radius 1 is 1.00 bits per heavy atom. The van der Waals surface area contributed by atoms with Crippen molar-refractivity contribution in [1.82, 2.24) is 4.57 Å². The molecule has 0 aliphatic rings. The molecule has 0 saturated carbocycles. The molecule has 3 aromatic carbocycles. The number of para-hydroxylation sites is 1. The minimum Gasteiger partial charge on any atom is -0.462 e. The summed E-state index contributed by atoms with van der Waals surface area (Å²) in [5.74, 6) is -2.48. The van der Waals surface area contributed by atoms with Gasteiger partial charge >= 0.3 is 5.97 Å². The number of carbonyl (C=O) groups is 2. The standard InChI is InChI=1S/C29H25BrF2N2O4/c1-3-27(35)33-25-11-6-5-8-18(25)19-13-26-20(12-17(19)14-30)28(36)22(29(37)38-4-2)16-34(26)15-21-23(31)9-7-10-24(21)32/h5-13,16H,3-4,14-15H2,1-2H3,(H,33,35). The van der Waals surface area contributed by atoms with Crippen molar-refractivity contribution in [3.05, 3.63) is 99.3 Å². The minimum absolute atomic E-state index is 0.0596. The van der Waals surface area contributed by atoms with Gasteiger partial charge in [0.25, 0.3) is 0 Å². The second-order valence-corrected chi connectivity index (χ2v) is 9.09. The number of halogens is 3. The van der Waals surface area contributed by atoms with Gasteiger partial charge in [-0.15, -0.1) is 0 Å². The van der Waals surface area contributed by atoms with Crippen molar-refractivity contribution in [3.63, 3.8) is 0 Å². The molecule has 9 heteroatoms. The first kappa shape index (κ1) is 27.2. The predicted octanol–water partition coefficient (Wildman–Crippen LogP) is 6.42. The third kappa shape index (κ3) is 5.38. The molecule has 1 aromatic heterocycles. The van der Waals surface area contributed by atoms with E-state index >= 15 is 0 Å². The lowest BCUT2D eigenvalue weighted by molar-refractivity contribution is -0.115. The zero-order chi connectivity index (χ0) is 27.4. The van der Waals surface area contributed by atoms with E-state index in [0.29, 0.717) is 34.1 Å². The van der Waals surface area contributed by atoms with Crippen molar-refractivity contribution in [2.24, 2.45) is 0 Å². The van der Waals surface area contributed by atoms with Crippen molar-refractivity contribution in [3.8, 4) is 11.1 Å². The van der Waals surface area contributed by atoms with Crippen LogP contribution in [0.1, 0.15) is 41.8 Å². The fourth-order valence-electron chi connectivity index (χ4n) is 4.25. The molecule has 6 nitrogen and oxygen atoms in total. The van der Waals surface area contributed by atoms with Crippen molar-refractivity contribution < 1.29 is 23.1 Å². The maximum atomic E-state index is 14.6. The van der Waals surface area contributed by atoms with E-state index in [1.807, 2.05) is 12.1 Å². The van der Waals surface area contributed by atoms with Gasteiger partial charge in [0.2, 0.25) is 11.3 Å². The van der Waals surface area contributed by atoms with Gasteiger partial charge in [0.15, 0.2) is 0 Å². The Hall–Kier alpha value is -3.85. The lowest BCUT2D eigenvalue weighted by atomic mass is 9.95. The number of carbonyl (C=O) groups excluding carboxylic acids is 2. The summed E-state index contributed by atoms with van der Waals surface area (Å²) in [6, 6.07) is 14.2. The number of hydrogen-bond donors (Lipinski definition) is 1. The van der Waals surface area contributed by atoms with Gasteiger partial charge in [-0.05, 0) is 48.4 Å². The quantitative estimate of drug-likeness (QED) is 0.192. The van der Waals surface area contributed by atoms with E-state index in [1.54, 1.807) is 38.1 Å². The molecule has 1 N–H and O–H groups in total. The summed E-state index contributed by atoms with van der Waals surface area (Å²) < 4.78 is 35.8. The maximum absolute atomic E-state index is 14.6. The van der Waals surface area contributed by atoms with Crippen LogP contribution in [0.4, 0.5) is 14.5 Å². The fourth-order valence-corrected chi connectivity index (χ4v) is 4.71. The van der Waals surface area contributed by atoms with Gasteiger partial charge in [0.1, 0.15) is 17.2 Å². The SMILES string of the molecule is CCOC(=O)c1cn(Cc2c(F)cccc2F)c2cc(-c3ccccc3NC(=O)CC)c(CBr)cc2c1=O. The molecule has 0 fully saturated rings. The summed E-state index contributed by atoms with van der Waals surface area (Å²) in [6.45, 7) is 3.16. The number of fused-ring (bicyclic) bond motifs is 1. The number of aromatic nitrogens is 1. The molecule has 0 bridgehead atoms. The number of nitrogens with zero attached hydrogens (tertiary/aromatic N) is 1. The molecule has 0 spiro atoms. The number of benzene rings is 3. The topological polar surface area (TPSA) is 77.4 Å². The summed E-state index contributed by atoms with van der Waals surface area (Å²) in [5.41, 5.74) is 2.07. The van der Waals surface area contributed by atoms with Gasteiger partial charge in [-0.3, -0.25) is 9.59 Å². The van der Waals surface area contributed by atoms with Gasteiger partial charge < -0.3 is 14.6 Å². The molecule has 4 aromatic rings. The highest BCUT2D eigenvalue weighted by Crippen LogP contribution is 2.35. The predicted molar refractivity (Wildman–Crippen MR) is 147 cm³/mol. The highest BCUT2D eigenvalue weighted by atomic mass is 79.9. The van der Waals surface area contributed by atoms with E-state index in [0.717, 1.165) is 17.7 Å². The Morgan fingerprint density at radius 2 is 1.71 bits per heavy atom. The van der Waals surface area contributed by atoms with Crippen LogP contribution in [0.3, 0.4) is 0 Å². The molecule has 1 amide bonds. The number of alkyl halides is 1. The monoisotopic (exact) mass is 582 g/mol. The number of pyridine rings is 1. The Balaban J connectivity index is 2.03. The Morgan fingerprint density at radius 3 is 2.37 bits per heavy atom. The van der Waals surface area contributed by atoms with E-state index in [4.69, 9.17) is 4.74 Å². The largest absolute Gasteiger partial charge is 0.462 e. The number of nitrogens with one attached hydrogen (secondary N) is 1. The van der Waals surface area contributed by atoms with Gasteiger partial charge in [-0.2, -0.15) is 0 Å². The molecule has 1 heterocycles. The van der Waals surface area contributed by atoms with Gasteiger partial charge in [-0.1, -0.05) is 47.1 Å². The van der Waals surface area contributed by atoms with Crippen LogP contribution in [-0.2, 0) is 21.4 Å². The molecule has 0 radical (unpaired) electrons. The molecular formula is C29H25BrF2N2O4. The third-order valence-electron chi connectivity index (χ3n) is 6.15. The first-order valence-corrected chi connectivity index (χ1v) is 13.2. The van der Waals surface area contributed by atoms with Crippen molar-refractivity contribution in [2.75, 3.05) is 11.9 Å². The first-order valence-electron chi connectivity index (χ1n) is 12.0. The van der Waals surface area contributed by atoms with Crippen LogP contribution in [0, 0.1) is 11.6 Å². The molecule has 0 aliphatic carbocycles. The second kappa shape index (κ2) is 11.7. The van der Waals surface area contributed by atoms with E-state index in [9.17, 15) is 23.2 Å². The lowest BCUT2D eigenvalue weighted by Crippen LogP contribution is -2.22. The van der Waals surface area contributed by atoms with Crippen LogP contribution in [0.2, 0.25) is 0 Å². The average Bonchev–Trinajstić information content (AvgIpc) is 2.91. The number of esters is 1. The number of ether oxygens (including phenoxy) is 1. The van der Waals surface area contributed by atoms with Crippen molar-refractivity contribution in [2.45, 2.75) is 32.1 Å². The zero-order valence-corrected chi connectivity index (χ0v) is 22.4. The summed E-state index contributed by atoms with van der Waals surface area (Å²) >= 11 is 3.48. The summed E-state index contributed by atoms with van der Waals surface area (Å²) in [6.07, 6.45) is 1.57. The summed E-state index contributed by atoms with van der Waals surface area (Å²) in [5, 5.41) is 3.45. The van der Waals surface area contributed by atoms with Crippen LogP contribution in [0.25, 0.3) is 22.0 Å². The average molecular weight is 583 g/mol.